The Hall–Kier alpha value is -1.08. The Labute approximate surface area is 128 Å². The summed E-state index contributed by atoms with van der Waals surface area (Å²) in [6, 6.07) is 13.5. The van der Waals surface area contributed by atoms with Crippen LogP contribution in [0.4, 0.5) is 0 Å². The average molecular weight is 327 g/mol. The standard InChI is InChI=1S/C15H13Cl2O2P/c1-2-20(19,11-7-4-3-5-8-11)15(18)14-12(16)9-6-10-13(14)17/h3-10H,2H2,1H3. The van der Waals surface area contributed by atoms with Crippen LogP contribution >= 0.6 is 30.3 Å². The lowest BCUT2D eigenvalue weighted by Crippen LogP contribution is -2.15. The van der Waals surface area contributed by atoms with Gasteiger partial charge < -0.3 is 4.57 Å². The van der Waals surface area contributed by atoms with E-state index in [-0.39, 0.29) is 21.8 Å². The highest BCUT2D eigenvalue weighted by molar-refractivity contribution is 7.87. The largest absolute Gasteiger partial charge is 0.310 e. The molecule has 1 unspecified atom stereocenters. The Morgan fingerprint density at radius 3 is 2.05 bits per heavy atom. The third kappa shape index (κ3) is 2.69. The van der Waals surface area contributed by atoms with Gasteiger partial charge in [0.25, 0.3) is 0 Å². The molecular weight excluding hydrogens is 314 g/mol. The minimum atomic E-state index is -3.23. The lowest BCUT2D eigenvalue weighted by atomic mass is 10.2. The molecule has 1 atom stereocenters. The molecule has 0 saturated carbocycles. The van der Waals surface area contributed by atoms with E-state index < -0.39 is 12.7 Å². The van der Waals surface area contributed by atoms with Crippen LogP contribution in [0.15, 0.2) is 48.5 Å². The van der Waals surface area contributed by atoms with Crippen LogP contribution in [0.3, 0.4) is 0 Å². The predicted octanol–water partition coefficient (Wildman–Crippen LogP) is 4.84. The Kier molecular flexibility index (Phi) is 4.70. The summed E-state index contributed by atoms with van der Waals surface area (Å²) < 4.78 is 13.1. The zero-order chi connectivity index (χ0) is 14.8. The van der Waals surface area contributed by atoms with Crippen molar-refractivity contribution in [2.75, 3.05) is 6.16 Å². The lowest BCUT2D eigenvalue weighted by Gasteiger charge is -2.17. The first kappa shape index (κ1) is 15.3. The highest BCUT2D eigenvalue weighted by Gasteiger charge is 2.34. The highest BCUT2D eigenvalue weighted by Crippen LogP contribution is 2.49. The molecule has 0 aromatic heterocycles. The maximum absolute atomic E-state index is 13.1. The van der Waals surface area contributed by atoms with E-state index in [2.05, 4.69) is 0 Å². The van der Waals surface area contributed by atoms with Crippen LogP contribution in [0.1, 0.15) is 17.3 Å². The lowest BCUT2D eigenvalue weighted by molar-refractivity contribution is 0.107. The van der Waals surface area contributed by atoms with Crippen LogP contribution in [0.25, 0.3) is 0 Å². The molecule has 2 rings (SSSR count). The van der Waals surface area contributed by atoms with Gasteiger partial charge >= 0.3 is 0 Å². The molecule has 0 spiro atoms. The number of rotatable bonds is 4. The van der Waals surface area contributed by atoms with E-state index in [1.807, 2.05) is 6.07 Å². The number of halogens is 2. The molecule has 2 aromatic rings. The normalized spacial score (nSPS) is 13.8. The molecule has 0 bridgehead atoms. The second kappa shape index (κ2) is 6.13. The van der Waals surface area contributed by atoms with Gasteiger partial charge in [0.05, 0.1) is 15.6 Å². The molecule has 0 fully saturated rings. The van der Waals surface area contributed by atoms with E-state index in [0.717, 1.165) is 0 Å². The van der Waals surface area contributed by atoms with Gasteiger partial charge in [-0.2, -0.15) is 0 Å². The van der Waals surface area contributed by atoms with Crippen molar-refractivity contribution in [3.05, 3.63) is 64.1 Å². The molecule has 0 saturated heterocycles. The van der Waals surface area contributed by atoms with Gasteiger partial charge in [0, 0.05) is 11.5 Å². The van der Waals surface area contributed by atoms with Crippen molar-refractivity contribution in [1.29, 1.82) is 0 Å². The summed E-state index contributed by atoms with van der Waals surface area (Å²) in [6.07, 6.45) is 0.234. The van der Waals surface area contributed by atoms with Gasteiger partial charge in [-0.05, 0) is 12.1 Å². The minimum absolute atomic E-state index is 0.143. The van der Waals surface area contributed by atoms with Crippen LogP contribution in [0.2, 0.25) is 10.0 Å². The van der Waals surface area contributed by atoms with Crippen LogP contribution in [-0.2, 0) is 4.57 Å². The number of benzene rings is 2. The van der Waals surface area contributed by atoms with E-state index in [9.17, 15) is 9.36 Å². The third-order valence-corrected chi connectivity index (χ3v) is 6.66. The van der Waals surface area contributed by atoms with Gasteiger partial charge in [0.15, 0.2) is 7.14 Å². The van der Waals surface area contributed by atoms with Crippen LogP contribution in [0.5, 0.6) is 0 Å². The van der Waals surface area contributed by atoms with Gasteiger partial charge in [0.1, 0.15) is 0 Å². The fourth-order valence-electron chi connectivity index (χ4n) is 1.99. The van der Waals surface area contributed by atoms with Gasteiger partial charge in [-0.1, -0.05) is 66.5 Å². The molecule has 5 heteroatoms. The van der Waals surface area contributed by atoms with Crippen molar-refractivity contribution < 1.29 is 9.36 Å². The topological polar surface area (TPSA) is 34.1 Å². The second-order valence-electron chi connectivity index (χ2n) is 4.29. The molecule has 20 heavy (non-hydrogen) atoms. The monoisotopic (exact) mass is 326 g/mol. The molecule has 0 aliphatic rings. The van der Waals surface area contributed by atoms with E-state index in [4.69, 9.17) is 23.2 Å². The number of carbonyl (C=O) groups excluding carboxylic acids is 1. The molecular formula is C15H13Cl2O2P. The van der Waals surface area contributed by atoms with Crippen molar-refractivity contribution in [3.8, 4) is 0 Å². The molecule has 0 radical (unpaired) electrons. The van der Waals surface area contributed by atoms with Crippen molar-refractivity contribution in [1.82, 2.24) is 0 Å². The summed E-state index contributed by atoms with van der Waals surface area (Å²) in [6.45, 7) is 1.73. The summed E-state index contributed by atoms with van der Waals surface area (Å²) in [5.74, 6) is 0. The molecule has 0 aliphatic heterocycles. The van der Waals surface area contributed by atoms with Crippen molar-refractivity contribution in [2.45, 2.75) is 6.92 Å². The highest BCUT2D eigenvalue weighted by atomic mass is 35.5. The van der Waals surface area contributed by atoms with Crippen LogP contribution in [0, 0.1) is 0 Å². The first-order valence-corrected chi connectivity index (χ1v) is 8.79. The van der Waals surface area contributed by atoms with Gasteiger partial charge in [-0.15, -0.1) is 0 Å². The fraction of sp³-hybridized carbons (Fsp3) is 0.133. The third-order valence-electron chi connectivity index (χ3n) is 3.12. The van der Waals surface area contributed by atoms with E-state index >= 15 is 0 Å². The van der Waals surface area contributed by atoms with Gasteiger partial charge in [-0.3, -0.25) is 4.79 Å². The van der Waals surface area contributed by atoms with E-state index in [0.29, 0.717) is 5.30 Å². The smallest absolute Gasteiger partial charge is 0.228 e. The Balaban J connectivity index is 2.59. The minimum Gasteiger partial charge on any atom is -0.310 e. The first-order chi connectivity index (χ1) is 9.50. The van der Waals surface area contributed by atoms with Crippen molar-refractivity contribution in [2.24, 2.45) is 0 Å². The fourth-order valence-corrected chi connectivity index (χ4v) is 4.84. The van der Waals surface area contributed by atoms with Crippen LogP contribution < -0.4 is 5.30 Å². The molecule has 2 aromatic carbocycles. The number of carbonyl (C=O) groups is 1. The molecule has 0 heterocycles. The van der Waals surface area contributed by atoms with E-state index in [1.165, 1.54) is 0 Å². The zero-order valence-electron chi connectivity index (χ0n) is 10.8. The maximum atomic E-state index is 13.1. The van der Waals surface area contributed by atoms with Gasteiger partial charge in [0.2, 0.25) is 5.52 Å². The Bertz CT molecular complexity index is 663. The molecule has 0 amide bonds. The first-order valence-electron chi connectivity index (χ1n) is 6.14. The Morgan fingerprint density at radius 1 is 1.00 bits per heavy atom. The van der Waals surface area contributed by atoms with Crippen molar-refractivity contribution in [3.63, 3.8) is 0 Å². The summed E-state index contributed by atoms with van der Waals surface area (Å²) in [4.78, 5) is 12.7. The average Bonchev–Trinajstić information content (AvgIpc) is 2.47. The van der Waals surface area contributed by atoms with Gasteiger partial charge in [-0.25, -0.2) is 0 Å². The molecule has 0 aliphatic carbocycles. The predicted molar refractivity (Wildman–Crippen MR) is 85.0 cm³/mol. The quantitative estimate of drug-likeness (QED) is 0.753. The summed E-state index contributed by atoms with van der Waals surface area (Å²) in [5.41, 5.74) is -0.341. The molecule has 104 valence electrons. The Morgan fingerprint density at radius 2 is 1.55 bits per heavy atom. The maximum Gasteiger partial charge on any atom is 0.228 e. The summed E-state index contributed by atoms with van der Waals surface area (Å²) in [5, 5.41) is 0.989. The summed E-state index contributed by atoms with van der Waals surface area (Å²) >= 11 is 12.1. The SMILES string of the molecule is CCP(=O)(C(=O)c1c(Cl)cccc1Cl)c1ccccc1. The second-order valence-corrected chi connectivity index (χ2v) is 8.14. The molecule has 0 N–H and O–H groups in total. The number of hydrogen-bond donors (Lipinski definition) is 0. The van der Waals surface area contributed by atoms with E-state index in [1.54, 1.807) is 49.4 Å². The van der Waals surface area contributed by atoms with Crippen molar-refractivity contribution >= 4 is 41.2 Å². The van der Waals surface area contributed by atoms with Crippen LogP contribution in [-0.4, -0.2) is 11.7 Å². The summed E-state index contributed by atoms with van der Waals surface area (Å²) in [7, 11) is -3.23. The zero-order valence-corrected chi connectivity index (χ0v) is 13.3. The molecule has 2 nitrogen and oxygen atoms in total. The number of hydrogen-bond acceptors (Lipinski definition) is 2.